The van der Waals surface area contributed by atoms with Gasteiger partial charge in [0.15, 0.2) is 0 Å². The number of methoxy groups -OCH3 is 1. The Morgan fingerprint density at radius 2 is 1.62 bits per heavy atom. The van der Waals surface area contributed by atoms with Gasteiger partial charge in [0.05, 0.1) is 7.11 Å². The molecular formula is C25H34N2OS. The zero-order chi connectivity index (χ0) is 20.1. The first kappa shape index (κ1) is 20.8. The van der Waals surface area contributed by atoms with E-state index in [0.717, 1.165) is 17.6 Å². The molecule has 0 amide bonds. The standard InChI is InChI=1S/C25H34N2OS/c1-20-10-14-26(15-11-20)19-21-12-16-27(17-13-21)29-25-5-3-4-23(18-25)22-6-8-24(28-2)9-7-22/h3-9,18,20-21H,10-17,19H2,1-2H3. The molecule has 2 aromatic rings. The maximum absolute atomic E-state index is 5.28. The summed E-state index contributed by atoms with van der Waals surface area (Å²) in [7, 11) is 1.71. The minimum atomic E-state index is 0.880. The van der Waals surface area contributed by atoms with Gasteiger partial charge in [-0.15, -0.1) is 0 Å². The molecule has 29 heavy (non-hydrogen) atoms. The largest absolute Gasteiger partial charge is 0.497 e. The number of likely N-dealkylation sites (tertiary alicyclic amines) is 1. The van der Waals surface area contributed by atoms with Gasteiger partial charge in [-0.25, -0.2) is 4.31 Å². The molecule has 156 valence electrons. The lowest BCUT2D eigenvalue weighted by molar-refractivity contribution is 0.144. The van der Waals surface area contributed by atoms with Crippen LogP contribution in [0.15, 0.2) is 53.4 Å². The summed E-state index contributed by atoms with van der Waals surface area (Å²) in [5.41, 5.74) is 2.51. The molecule has 0 unspecified atom stereocenters. The van der Waals surface area contributed by atoms with Crippen molar-refractivity contribution in [1.29, 1.82) is 0 Å². The van der Waals surface area contributed by atoms with Crippen molar-refractivity contribution in [3.8, 4) is 16.9 Å². The molecule has 4 heteroatoms. The van der Waals surface area contributed by atoms with E-state index in [0.29, 0.717) is 0 Å². The zero-order valence-corrected chi connectivity index (χ0v) is 18.7. The lowest BCUT2D eigenvalue weighted by Gasteiger charge is -2.36. The number of hydrogen-bond acceptors (Lipinski definition) is 4. The second-order valence-electron chi connectivity index (χ2n) is 8.70. The summed E-state index contributed by atoms with van der Waals surface area (Å²) in [5.74, 6) is 2.71. The SMILES string of the molecule is COc1ccc(-c2cccc(SN3CCC(CN4CCC(C)CC4)CC3)c2)cc1. The first-order valence-corrected chi connectivity index (χ1v) is 11.9. The Hall–Kier alpha value is -1.49. The molecule has 2 fully saturated rings. The summed E-state index contributed by atoms with van der Waals surface area (Å²) in [6.45, 7) is 8.75. The number of ether oxygens (including phenoxy) is 1. The lowest BCUT2D eigenvalue weighted by atomic mass is 9.94. The summed E-state index contributed by atoms with van der Waals surface area (Å²) in [4.78, 5) is 4.05. The molecule has 0 radical (unpaired) electrons. The van der Waals surface area contributed by atoms with Gasteiger partial charge in [-0.05, 0) is 97.9 Å². The predicted octanol–water partition coefficient (Wildman–Crippen LogP) is 5.81. The molecular weight excluding hydrogens is 376 g/mol. The van der Waals surface area contributed by atoms with E-state index in [1.165, 1.54) is 74.4 Å². The summed E-state index contributed by atoms with van der Waals surface area (Å²) in [6, 6.07) is 17.2. The third-order valence-electron chi connectivity index (χ3n) is 6.46. The van der Waals surface area contributed by atoms with Gasteiger partial charge in [-0.1, -0.05) is 31.2 Å². The van der Waals surface area contributed by atoms with Crippen LogP contribution in [0, 0.1) is 11.8 Å². The summed E-state index contributed by atoms with van der Waals surface area (Å²) in [6.07, 6.45) is 5.44. The van der Waals surface area contributed by atoms with Crippen LogP contribution >= 0.6 is 11.9 Å². The molecule has 2 aromatic carbocycles. The van der Waals surface area contributed by atoms with E-state index in [1.807, 2.05) is 24.1 Å². The van der Waals surface area contributed by atoms with Gasteiger partial charge in [0, 0.05) is 24.5 Å². The Bertz CT molecular complexity index is 763. The van der Waals surface area contributed by atoms with Crippen LogP contribution in [0.2, 0.25) is 0 Å². The van der Waals surface area contributed by atoms with Crippen molar-refractivity contribution in [2.24, 2.45) is 11.8 Å². The Labute approximate surface area is 180 Å². The van der Waals surface area contributed by atoms with Gasteiger partial charge in [-0.2, -0.15) is 0 Å². The van der Waals surface area contributed by atoms with Crippen LogP contribution in [0.1, 0.15) is 32.6 Å². The van der Waals surface area contributed by atoms with E-state index >= 15 is 0 Å². The van der Waals surface area contributed by atoms with Gasteiger partial charge in [0.2, 0.25) is 0 Å². The van der Waals surface area contributed by atoms with Crippen molar-refractivity contribution in [3.05, 3.63) is 48.5 Å². The maximum atomic E-state index is 5.28. The van der Waals surface area contributed by atoms with Gasteiger partial charge < -0.3 is 9.64 Å². The van der Waals surface area contributed by atoms with Gasteiger partial charge in [-0.3, -0.25) is 0 Å². The quantitative estimate of drug-likeness (QED) is 0.558. The van der Waals surface area contributed by atoms with Crippen LogP contribution in [0.3, 0.4) is 0 Å². The van der Waals surface area contributed by atoms with Crippen molar-refractivity contribution in [2.45, 2.75) is 37.5 Å². The molecule has 0 saturated carbocycles. The van der Waals surface area contributed by atoms with E-state index in [2.05, 4.69) is 52.5 Å². The van der Waals surface area contributed by atoms with E-state index in [-0.39, 0.29) is 0 Å². The molecule has 0 aromatic heterocycles. The summed E-state index contributed by atoms with van der Waals surface area (Å²) in [5, 5.41) is 0. The number of rotatable bonds is 6. The molecule has 0 atom stereocenters. The molecule has 3 nitrogen and oxygen atoms in total. The summed E-state index contributed by atoms with van der Waals surface area (Å²) < 4.78 is 7.83. The molecule has 2 heterocycles. The normalized spacial score (nSPS) is 20.1. The highest BCUT2D eigenvalue weighted by atomic mass is 32.2. The highest BCUT2D eigenvalue weighted by Gasteiger charge is 2.24. The van der Waals surface area contributed by atoms with Crippen molar-refractivity contribution in [1.82, 2.24) is 9.21 Å². The van der Waals surface area contributed by atoms with Crippen LogP contribution in [0.5, 0.6) is 5.75 Å². The van der Waals surface area contributed by atoms with Crippen LogP contribution in [0.4, 0.5) is 0 Å². The topological polar surface area (TPSA) is 15.7 Å². The number of nitrogens with zero attached hydrogens (tertiary/aromatic N) is 2. The zero-order valence-electron chi connectivity index (χ0n) is 17.8. The van der Waals surface area contributed by atoms with Crippen molar-refractivity contribution in [2.75, 3.05) is 39.8 Å². The molecule has 0 spiro atoms. The monoisotopic (exact) mass is 410 g/mol. The molecule has 0 aliphatic carbocycles. The third kappa shape index (κ3) is 5.78. The van der Waals surface area contributed by atoms with E-state index < -0.39 is 0 Å². The summed E-state index contributed by atoms with van der Waals surface area (Å²) >= 11 is 1.92. The first-order valence-electron chi connectivity index (χ1n) is 11.1. The number of piperidine rings is 2. The van der Waals surface area contributed by atoms with E-state index in [1.54, 1.807) is 7.11 Å². The minimum Gasteiger partial charge on any atom is -0.497 e. The van der Waals surface area contributed by atoms with Crippen molar-refractivity contribution < 1.29 is 4.74 Å². The molecule has 4 rings (SSSR count). The van der Waals surface area contributed by atoms with E-state index in [9.17, 15) is 0 Å². The average Bonchev–Trinajstić information content (AvgIpc) is 2.77. The Morgan fingerprint density at radius 1 is 0.897 bits per heavy atom. The second kappa shape index (κ2) is 10.0. The molecule has 2 aliphatic rings. The Morgan fingerprint density at radius 3 is 2.31 bits per heavy atom. The Balaban J connectivity index is 1.28. The number of hydrogen-bond donors (Lipinski definition) is 0. The van der Waals surface area contributed by atoms with Gasteiger partial charge in [0.25, 0.3) is 0 Å². The van der Waals surface area contributed by atoms with Crippen LogP contribution < -0.4 is 4.74 Å². The smallest absolute Gasteiger partial charge is 0.118 e. The fourth-order valence-electron chi connectivity index (χ4n) is 4.46. The van der Waals surface area contributed by atoms with Crippen molar-refractivity contribution >= 4 is 11.9 Å². The minimum absolute atomic E-state index is 0.880. The third-order valence-corrected chi connectivity index (χ3v) is 7.55. The fraction of sp³-hybridized carbons (Fsp3) is 0.520. The predicted molar refractivity (Wildman–Crippen MR) is 123 cm³/mol. The van der Waals surface area contributed by atoms with Gasteiger partial charge in [0.1, 0.15) is 5.75 Å². The van der Waals surface area contributed by atoms with Gasteiger partial charge >= 0.3 is 0 Å². The maximum Gasteiger partial charge on any atom is 0.118 e. The number of benzene rings is 2. The van der Waals surface area contributed by atoms with Crippen LogP contribution in [-0.2, 0) is 0 Å². The average molecular weight is 411 g/mol. The first-order chi connectivity index (χ1) is 14.2. The Kier molecular flexibility index (Phi) is 7.17. The van der Waals surface area contributed by atoms with Crippen LogP contribution in [0.25, 0.3) is 11.1 Å². The molecule has 0 bridgehead atoms. The lowest BCUT2D eigenvalue weighted by Crippen LogP contribution is -2.39. The van der Waals surface area contributed by atoms with Crippen molar-refractivity contribution in [3.63, 3.8) is 0 Å². The fourth-order valence-corrected chi connectivity index (χ4v) is 5.47. The highest BCUT2D eigenvalue weighted by Crippen LogP contribution is 2.32. The second-order valence-corrected chi connectivity index (χ2v) is 9.87. The molecule has 2 aliphatic heterocycles. The molecule has 2 saturated heterocycles. The van der Waals surface area contributed by atoms with E-state index in [4.69, 9.17) is 4.74 Å². The van der Waals surface area contributed by atoms with Crippen LogP contribution in [-0.4, -0.2) is 49.0 Å². The highest BCUT2D eigenvalue weighted by molar-refractivity contribution is 7.97. The molecule has 0 N–H and O–H groups in total.